The van der Waals surface area contributed by atoms with Crippen LogP contribution in [0.15, 0.2) is 64.5 Å². The maximum atomic E-state index is 12.9. The summed E-state index contributed by atoms with van der Waals surface area (Å²) in [6.07, 6.45) is 3.80. The molecule has 8 nitrogen and oxygen atoms in total. The van der Waals surface area contributed by atoms with E-state index in [2.05, 4.69) is 15.3 Å². The Bertz CT molecular complexity index is 1520. The number of hydrogen-bond donors (Lipinski definition) is 3. The van der Waals surface area contributed by atoms with Crippen LogP contribution in [0.3, 0.4) is 0 Å². The minimum absolute atomic E-state index is 0.0369. The Kier molecular flexibility index (Phi) is 6.28. The molecule has 4 aromatic rings. The third kappa shape index (κ3) is 4.45. The van der Waals surface area contributed by atoms with Gasteiger partial charge in [0.25, 0.3) is 5.56 Å². The molecule has 3 N–H and O–H groups in total. The van der Waals surface area contributed by atoms with Gasteiger partial charge in [0.15, 0.2) is 0 Å². The molecular formula is C26H23N5O3. The maximum Gasteiger partial charge on any atom is 0.271 e. The van der Waals surface area contributed by atoms with Gasteiger partial charge in [0, 0.05) is 42.5 Å². The highest BCUT2D eigenvalue weighted by atomic mass is 16.3. The molecule has 1 amide bonds. The van der Waals surface area contributed by atoms with E-state index in [0.29, 0.717) is 28.9 Å². The SMILES string of the molecule is CC(=O)Nc1cccc(N=Cc2c(C)c(C#N)c(=O)n(CCc3c[nH]c4ccccc34)c2O)c1. The number of para-hydroxylation sites is 1. The number of nitrogens with one attached hydrogen (secondary N) is 2. The molecule has 0 fully saturated rings. The molecular weight excluding hydrogens is 430 g/mol. The number of aromatic nitrogens is 2. The number of carbonyl (C=O) groups excluding carboxylic acids is 1. The lowest BCUT2D eigenvalue weighted by molar-refractivity contribution is -0.114. The standard InChI is InChI=1S/C26H23N5O3/c1-16-22(13-27)25(33)31(11-10-18-14-29-24-9-4-3-8-21(18)24)26(34)23(16)15-28-19-6-5-7-20(12-19)30-17(2)32/h3-9,12,14-15,29,34H,10-11H2,1-2H3,(H,30,32). The quantitative estimate of drug-likeness (QED) is 0.379. The fourth-order valence-electron chi connectivity index (χ4n) is 3.91. The number of amides is 1. The molecule has 0 saturated carbocycles. The van der Waals surface area contributed by atoms with Gasteiger partial charge in [-0.3, -0.25) is 19.1 Å². The van der Waals surface area contributed by atoms with Gasteiger partial charge < -0.3 is 15.4 Å². The zero-order valence-electron chi connectivity index (χ0n) is 18.8. The summed E-state index contributed by atoms with van der Waals surface area (Å²) < 4.78 is 1.21. The van der Waals surface area contributed by atoms with Crippen LogP contribution in [0, 0.1) is 18.3 Å². The van der Waals surface area contributed by atoms with Gasteiger partial charge in [-0.1, -0.05) is 24.3 Å². The van der Waals surface area contributed by atoms with E-state index in [1.807, 2.05) is 36.5 Å². The highest BCUT2D eigenvalue weighted by molar-refractivity contribution is 5.90. The number of fused-ring (bicyclic) bond motifs is 1. The lowest BCUT2D eigenvalue weighted by Gasteiger charge is -2.14. The highest BCUT2D eigenvalue weighted by Gasteiger charge is 2.18. The zero-order chi connectivity index (χ0) is 24.2. The van der Waals surface area contributed by atoms with Crippen LogP contribution in [0.4, 0.5) is 11.4 Å². The number of H-pyrrole nitrogens is 1. The van der Waals surface area contributed by atoms with Crippen LogP contribution >= 0.6 is 0 Å². The first-order chi connectivity index (χ1) is 16.4. The number of nitriles is 1. The van der Waals surface area contributed by atoms with Gasteiger partial charge in [0.05, 0.1) is 11.3 Å². The van der Waals surface area contributed by atoms with Crippen LogP contribution in [0.2, 0.25) is 0 Å². The molecule has 0 atom stereocenters. The summed E-state index contributed by atoms with van der Waals surface area (Å²) >= 11 is 0. The molecule has 34 heavy (non-hydrogen) atoms. The maximum absolute atomic E-state index is 12.9. The van der Waals surface area contributed by atoms with Crippen molar-refractivity contribution in [1.29, 1.82) is 5.26 Å². The number of aliphatic imine (C=N–C) groups is 1. The molecule has 0 aliphatic rings. The summed E-state index contributed by atoms with van der Waals surface area (Å²) in [5, 5.41) is 24.3. The number of aryl methyl sites for hydroxylation is 1. The van der Waals surface area contributed by atoms with E-state index in [9.17, 15) is 20.0 Å². The number of hydrogen-bond acceptors (Lipinski definition) is 5. The third-order valence-electron chi connectivity index (χ3n) is 5.64. The van der Waals surface area contributed by atoms with Crippen molar-refractivity contribution >= 4 is 34.4 Å². The monoisotopic (exact) mass is 453 g/mol. The lowest BCUT2D eigenvalue weighted by Crippen LogP contribution is -2.26. The summed E-state index contributed by atoms with van der Waals surface area (Å²) in [5.41, 5.74) is 3.20. The summed E-state index contributed by atoms with van der Waals surface area (Å²) in [5.74, 6) is -0.446. The fraction of sp³-hybridized carbons (Fsp3) is 0.154. The van der Waals surface area contributed by atoms with Gasteiger partial charge in [-0.15, -0.1) is 0 Å². The largest absolute Gasteiger partial charge is 0.494 e. The lowest BCUT2D eigenvalue weighted by atomic mass is 10.1. The third-order valence-corrected chi connectivity index (χ3v) is 5.64. The Morgan fingerprint density at radius 1 is 1.26 bits per heavy atom. The molecule has 2 aromatic carbocycles. The Morgan fingerprint density at radius 2 is 2.06 bits per heavy atom. The van der Waals surface area contributed by atoms with Crippen LogP contribution in [0.1, 0.15) is 29.2 Å². The number of nitrogens with zero attached hydrogens (tertiary/aromatic N) is 3. The summed E-state index contributed by atoms with van der Waals surface area (Å²) in [4.78, 5) is 31.8. The Morgan fingerprint density at radius 3 is 2.82 bits per heavy atom. The van der Waals surface area contributed by atoms with Crippen LogP contribution in [-0.4, -0.2) is 26.8 Å². The minimum Gasteiger partial charge on any atom is -0.494 e. The first-order valence-corrected chi connectivity index (χ1v) is 10.7. The van der Waals surface area contributed by atoms with Gasteiger partial charge in [0.2, 0.25) is 11.8 Å². The average Bonchev–Trinajstić information content (AvgIpc) is 3.22. The van der Waals surface area contributed by atoms with Crippen molar-refractivity contribution in [3.05, 3.63) is 87.3 Å². The van der Waals surface area contributed by atoms with E-state index in [-0.39, 0.29) is 23.9 Å². The Hall–Kier alpha value is -4.64. The van der Waals surface area contributed by atoms with Crippen molar-refractivity contribution in [3.8, 4) is 11.9 Å². The number of rotatable bonds is 6. The topological polar surface area (TPSA) is 123 Å². The molecule has 8 heteroatoms. The molecule has 4 rings (SSSR count). The van der Waals surface area contributed by atoms with Gasteiger partial charge in [0.1, 0.15) is 11.6 Å². The molecule has 0 radical (unpaired) electrons. The number of aromatic amines is 1. The molecule has 0 spiro atoms. The summed E-state index contributed by atoms with van der Waals surface area (Å²) in [6.45, 7) is 3.22. The fourth-order valence-corrected chi connectivity index (χ4v) is 3.91. The number of benzene rings is 2. The second-order valence-corrected chi connectivity index (χ2v) is 7.91. The van der Waals surface area contributed by atoms with E-state index < -0.39 is 5.56 Å². The molecule has 0 aliphatic heterocycles. The predicted octanol–water partition coefficient (Wildman–Crippen LogP) is 4.17. The Balaban J connectivity index is 1.69. The smallest absolute Gasteiger partial charge is 0.271 e. The number of carbonyl (C=O) groups is 1. The van der Waals surface area contributed by atoms with Gasteiger partial charge in [-0.2, -0.15) is 5.26 Å². The van der Waals surface area contributed by atoms with E-state index in [1.54, 1.807) is 31.2 Å². The van der Waals surface area contributed by atoms with Gasteiger partial charge in [-0.05, 0) is 48.7 Å². The van der Waals surface area contributed by atoms with E-state index in [0.717, 1.165) is 16.5 Å². The molecule has 0 bridgehead atoms. The molecule has 0 saturated heterocycles. The van der Waals surface area contributed by atoms with Crippen molar-refractivity contribution in [2.75, 3.05) is 5.32 Å². The van der Waals surface area contributed by atoms with E-state index in [4.69, 9.17) is 0 Å². The number of aromatic hydroxyl groups is 1. The first kappa shape index (κ1) is 22.6. The Labute approximate surface area is 195 Å². The number of anilines is 1. The predicted molar refractivity (Wildman–Crippen MR) is 132 cm³/mol. The van der Waals surface area contributed by atoms with Crippen molar-refractivity contribution in [3.63, 3.8) is 0 Å². The van der Waals surface area contributed by atoms with Gasteiger partial charge in [-0.25, -0.2) is 0 Å². The van der Waals surface area contributed by atoms with Crippen molar-refractivity contribution < 1.29 is 9.90 Å². The van der Waals surface area contributed by atoms with Crippen molar-refractivity contribution in [1.82, 2.24) is 9.55 Å². The average molecular weight is 454 g/mol. The molecule has 170 valence electrons. The molecule has 0 aliphatic carbocycles. The second kappa shape index (κ2) is 9.46. The van der Waals surface area contributed by atoms with Crippen LogP contribution in [-0.2, 0) is 17.8 Å². The van der Waals surface area contributed by atoms with Crippen LogP contribution in [0.25, 0.3) is 10.9 Å². The number of pyridine rings is 1. The molecule has 2 heterocycles. The van der Waals surface area contributed by atoms with Crippen LogP contribution in [0.5, 0.6) is 5.88 Å². The minimum atomic E-state index is -0.540. The summed E-state index contributed by atoms with van der Waals surface area (Å²) in [6, 6.07) is 16.7. The molecule has 2 aromatic heterocycles. The highest BCUT2D eigenvalue weighted by Crippen LogP contribution is 2.24. The van der Waals surface area contributed by atoms with E-state index in [1.165, 1.54) is 17.7 Å². The zero-order valence-corrected chi connectivity index (χ0v) is 18.8. The normalized spacial score (nSPS) is 11.1. The van der Waals surface area contributed by atoms with Crippen molar-refractivity contribution in [2.45, 2.75) is 26.8 Å². The van der Waals surface area contributed by atoms with Crippen molar-refractivity contribution in [2.24, 2.45) is 4.99 Å². The van der Waals surface area contributed by atoms with Crippen LogP contribution < -0.4 is 10.9 Å². The first-order valence-electron chi connectivity index (χ1n) is 10.7. The van der Waals surface area contributed by atoms with Gasteiger partial charge >= 0.3 is 0 Å². The van der Waals surface area contributed by atoms with E-state index >= 15 is 0 Å². The molecule has 0 unspecified atom stereocenters. The second-order valence-electron chi connectivity index (χ2n) is 7.91. The summed E-state index contributed by atoms with van der Waals surface area (Å²) in [7, 11) is 0.